The third kappa shape index (κ3) is 3.54. The van der Waals surface area contributed by atoms with Crippen LogP contribution < -0.4 is 15.4 Å². The fourth-order valence-corrected chi connectivity index (χ4v) is 3.78. The van der Waals surface area contributed by atoms with Crippen molar-refractivity contribution in [1.82, 2.24) is 14.5 Å². The lowest BCUT2D eigenvalue weighted by molar-refractivity contribution is -1.02. The Bertz CT molecular complexity index is 969. The molecule has 4 rings (SSSR count). The van der Waals surface area contributed by atoms with Crippen LogP contribution in [0.3, 0.4) is 0 Å². The van der Waals surface area contributed by atoms with E-state index in [1.807, 2.05) is 38.1 Å². The summed E-state index contributed by atoms with van der Waals surface area (Å²) in [7, 11) is 0. The van der Waals surface area contributed by atoms with E-state index in [4.69, 9.17) is 9.51 Å². The number of fused-ring (bicyclic) bond motifs is 1. The van der Waals surface area contributed by atoms with Gasteiger partial charge in [0.05, 0.1) is 0 Å². The van der Waals surface area contributed by atoms with Crippen molar-refractivity contribution in [3.05, 3.63) is 63.5 Å². The number of quaternary nitrogens is 2. The quantitative estimate of drug-likeness (QED) is 0.616. The van der Waals surface area contributed by atoms with Gasteiger partial charge >= 0.3 is 0 Å². The molecule has 3 aromatic heterocycles. The molecule has 0 radical (unpaired) electrons. The second-order valence-corrected chi connectivity index (χ2v) is 7.23. The van der Waals surface area contributed by atoms with Crippen LogP contribution >= 0.6 is 0 Å². The minimum atomic E-state index is 0.00756. The molecule has 0 amide bonds. The Balaban J connectivity index is 1.40. The van der Waals surface area contributed by atoms with Crippen LogP contribution in [0.2, 0.25) is 0 Å². The molecule has 0 unspecified atom stereocenters. The normalized spacial score (nSPS) is 20.5. The predicted octanol–water partition coefficient (Wildman–Crippen LogP) is -1.22. The van der Waals surface area contributed by atoms with Gasteiger partial charge in [-0.1, -0.05) is 11.2 Å². The molecule has 3 aromatic rings. The first kappa shape index (κ1) is 16.9. The van der Waals surface area contributed by atoms with Gasteiger partial charge in [-0.15, -0.1) is 0 Å². The molecule has 0 aliphatic carbocycles. The maximum Gasteiger partial charge on any atom is 0.258 e. The highest BCUT2D eigenvalue weighted by Crippen LogP contribution is 2.02. The highest BCUT2D eigenvalue weighted by atomic mass is 16.5. The van der Waals surface area contributed by atoms with Gasteiger partial charge in [-0.25, -0.2) is 4.98 Å². The fourth-order valence-electron chi connectivity index (χ4n) is 3.78. The van der Waals surface area contributed by atoms with E-state index in [0.717, 1.165) is 67.8 Å². The standard InChI is InChI=1S/C19H23N5O2/c1-14-4-3-5-18-20-16(11-19(25)24(14)18)12-22-6-8-23(9-7-22)13-17-10-15(2)26-21-17/h3-5,10-11H,6-9,12-13H2,1-2H3/p+2. The summed E-state index contributed by atoms with van der Waals surface area (Å²) < 4.78 is 6.82. The molecule has 7 nitrogen and oxygen atoms in total. The zero-order valence-corrected chi connectivity index (χ0v) is 15.3. The average molecular weight is 355 g/mol. The van der Waals surface area contributed by atoms with E-state index in [-0.39, 0.29) is 5.56 Å². The summed E-state index contributed by atoms with van der Waals surface area (Å²) in [5, 5.41) is 4.09. The van der Waals surface area contributed by atoms with Crippen molar-refractivity contribution in [3.63, 3.8) is 0 Å². The molecule has 0 aromatic carbocycles. The van der Waals surface area contributed by atoms with Crippen LogP contribution in [0.15, 0.2) is 39.6 Å². The maximum atomic E-state index is 12.4. The molecule has 1 fully saturated rings. The van der Waals surface area contributed by atoms with E-state index in [9.17, 15) is 4.79 Å². The Labute approximate surface area is 151 Å². The molecule has 1 saturated heterocycles. The molecule has 0 bridgehead atoms. The molecule has 1 aliphatic heterocycles. The minimum Gasteiger partial charge on any atom is -0.361 e. The number of nitrogens with one attached hydrogen (secondary N) is 2. The molecule has 4 heterocycles. The van der Waals surface area contributed by atoms with Gasteiger partial charge in [0.15, 0.2) is 0 Å². The largest absolute Gasteiger partial charge is 0.361 e. The lowest BCUT2D eigenvalue weighted by Crippen LogP contribution is -3.27. The molecule has 26 heavy (non-hydrogen) atoms. The Hall–Kier alpha value is -2.51. The number of hydrogen-bond donors (Lipinski definition) is 2. The van der Waals surface area contributed by atoms with Gasteiger partial charge in [0.2, 0.25) is 0 Å². The first-order valence-electron chi connectivity index (χ1n) is 9.16. The average Bonchev–Trinajstić information content (AvgIpc) is 3.01. The molecular weight excluding hydrogens is 330 g/mol. The molecule has 0 atom stereocenters. The van der Waals surface area contributed by atoms with Crippen LogP contribution in [0.1, 0.15) is 22.8 Å². The van der Waals surface area contributed by atoms with Gasteiger partial charge in [0.25, 0.3) is 5.56 Å². The number of nitrogens with zero attached hydrogens (tertiary/aromatic N) is 3. The second kappa shape index (κ2) is 7.01. The van der Waals surface area contributed by atoms with Crippen molar-refractivity contribution in [2.24, 2.45) is 0 Å². The molecule has 136 valence electrons. The molecule has 0 spiro atoms. The summed E-state index contributed by atoms with van der Waals surface area (Å²) in [6.07, 6.45) is 0. The number of piperazine rings is 1. The van der Waals surface area contributed by atoms with Crippen molar-refractivity contribution < 1.29 is 14.3 Å². The van der Waals surface area contributed by atoms with Crippen molar-refractivity contribution in [2.75, 3.05) is 26.2 Å². The summed E-state index contributed by atoms with van der Waals surface area (Å²) in [4.78, 5) is 20.1. The maximum absolute atomic E-state index is 12.4. The minimum absolute atomic E-state index is 0.00756. The molecule has 0 saturated carbocycles. The van der Waals surface area contributed by atoms with Gasteiger partial charge in [-0.2, -0.15) is 0 Å². The molecule has 2 N–H and O–H groups in total. The molecule has 1 aliphatic rings. The van der Waals surface area contributed by atoms with E-state index in [0.29, 0.717) is 0 Å². The van der Waals surface area contributed by atoms with Crippen LogP contribution in [-0.2, 0) is 13.1 Å². The third-order valence-corrected chi connectivity index (χ3v) is 5.14. The van der Waals surface area contributed by atoms with Crippen LogP contribution in [0, 0.1) is 13.8 Å². The van der Waals surface area contributed by atoms with E-state index < -0.39 is 0 Å². The van der Waals surface area contributed by atoms with Gasteiger partial charge in [0.1, 0.15) is 62.1 Å². The first-order chi connectivity index (χ1) is 12.6. The number of aryl methyl sites for hydroxylation is 2. The van der Waals surface area contributed by atoms with Crippen LogP contribution in [0.5, 0.6) is 0 Å². The highest BCUT2D eigenvalue weighted by Gasteiger charge is 2.24. The monoisotopic (exact) mass is 355 g/mol. The number of pyridine rings is 1. The van der Waals surface area contributed by atoms with Crippen molar-refractivity contribution in [2.45, 2.75) is 26.9 Å². The smallest absolute Gasteiger partial charge is 0.258 e. The second-order valence-electron chi connectivity index (χ2n) is 7.23. The highest BCUT2D eigenvalue weighted by molar-refractivity contribution is 5.40. The topological polar surface area (TPSA) is 69.3 Å². The Kier molecular flexibility index (Phi) is 4.57. The summed E-state index contributed by atoms with van der Waals surface area (Å²) in [5.41, 5.74) is 3.57. The Morgan fingerprint density at radius 1 is 1.04 bits per heavy atom. The number of rotatable bonds is 4. The Morgan fingerprint density at radius 3 is 2.38 bits per heavy atom. The lowest BCUT2D eigenvalue weighted by Gasteiger charge is -2.29. The lowest BCUT2D eigenvalue weighted by atomic mass is 10.2. The summed E-state index contributed by atoms with van der Waals surface area (Å²) in [5.74, 6) is 0.868. The summed E-state index contributed by atoms with van der Waals surface area (Å²) in [6.45, 7) is 9.89. The van der Waals surface area contributed by atoms with Gasteiger partial charge in [-0.05, 0) is 26.0 Å². The molecular formula is C19H25N5O2+2. The van der Waals surface area contributed by atoms with E-state index in [1.54, 1.807) is 10.5 Å². The molecule has 7 heteroatoms. The van der Waals surface area contributed by atoms with E-state index in [2.05, 4.69) is 5.16 Å². The predicted molar refractivity (Wildman–Crippen MR) is 96.2 cm³/mol. The number of hydrogen-bond acceptors (Lipinski definition) is 4. The van der Waals surface area contributed by atoms with Crippen molar-refractivity contribution >= 4 is 5.65 Å². The first-order valence-corrected chi connectivity index (χ1v) is 9.16. The van der Waals surface area contributed by atoms with Gasteiger partial charge in [-0.3, -0.25) is 9.20 Å². The van der Waals surface area contributed by atoms with Crippen LogP contribution in [0.4, 0.5) is 0 Å². The zero-order valence-electron chi connectivity index (χ0n) is 15.3. The van der Waals surface area contributed by atoms with Gasteiger partial charge < -0.3 is 14.3 Å². The summed E-state index contributed by atoms with van der Waals surface area (Å²) in [6, 6.07) is 9.47. The Morgan fingerprint density at radius 2 is 1.73 bits per heavy atom. The van der Waals surface area contributed by atoms with Crippen LogP contribution in [-0.4, -0.2) is 40.7 Å². The van der Waals surface area contributed by atoms with E-state index >= 15 is 0 Å². The SMILES string of the molecule is Cc1cc(C[NH+]2CC[NH+](Cc3cc(=O)n4c(C)cccc4n3)CC2)no1. The van der Waals surface area contributed by atoms with Crippen molar-refractivity contribution in [1.29, 1.82) is 0 Å². The van der Waals surface area contributed by atoms with E-state index in [1.165, 1.54) is 9.80 Å². The van der Waals surface area contributed by atoms with Crippen LogP contribution in [0.25, 0.3) is 5.65 Å². The zero-order chi connectivity index (χ0) is 18.1. The van der Waals surface area contributed by atoms with Gasteiger partial charge in [0, 0.05) is 17.8 Å². The number of aromatic nitrogens is 3. The fraction of sp³-hybridized carbons (Fsp3) is 0.421. The summed E-state index contributed by atoms with van der Waals surface area (Å²) >= 11 is 0. The third-order valence-electron chi connectivity index (χ3n) is 5.14. The van der Waals surface area contributed by atoms with Crippen molar-refractivity contribution in [3.8, 4) is 0 Å².